The van der Waals surface area contributed by atoms with Crippen LogP contribution >= 0.6 is 15.9 Å². The van der Waals surface area contributed by atoms with Gasteiger partial charge in [-0.15, -0.1) is 0 Å². The van der Waals surface area contributed by atoms with Crippen LogP contribution in [0.15, 0.2) is 16.7 Å². The van der Waals surface area contributed by atoms with E-state index < -0.39 is 11.9 Å². The van der Waals surface area contributed by atoms with Crippen LogP contribution in [0, 0.1) is 5.92 Å². The predicted octanol–water partition coefficient (Wildman–Crippen LogP) is 2.12. The number of carbonyl (C=O) groups is 1. The number of hydrogen-bond acceptors (Lipinski definition) is 3. The van der Waals surface area contributed by atoms with Crippen molar-refractivity contribution in [3.8, 4) is 5.75 Å². The summed E-state index contributed by atoms with van der Waals surface area (Å²) < 4.78 is 5.85. The Hall–Kier alpha value is -1.10. The van der Waals surface area contributed by atoms with Crippen molar-refractivity contribution in [2.75, 3.05) is 7.11 Å². The summed E-state index contributed by atoms with van der Waals surface area (Å²) in [6.07, 6.45) is 2.02. The van der Waals surface area contributed by atoms with Crippen molar-refractivity contribution in [1.82, 2.24) is 4.98 Å². The largest absolute Gasteiger partial charge is 0.495 e. The Bertz CT molecular complexity index is 368. The smallest absolute Gasteiger partial charge is 0.306 e. The molecular weight excluding hydrogens is 262 g/mol. The fourth-order valence-electron chi connectivity index (χ4n) is 1.13. The van der Waals surface area contributed by atoms with E-state index in [9.17, 15) is 4.79 Å². The van der Waals surface area contributed by atoms with Crippen LogP contribution in [-0.2, 0) is 11.2 Å². The van der Waals surface area contributed by atoms with Gasteiger partial charge in [0.15, 0.2) is 0 Å². The van der Waals surface area contributed by atoms with Crippen LogP contribution < -0.4 is 4.74 Å². The maximum Gasteiger partial charge on any atom is 0.306 e. The highest BCUT2D eigenvalue weighted by atomic mass is 79.9. The van der Waals surface area contributed by atoms with Crippen molar-refractivity contribution in [2.45, 2.75) is 13.3 Å². The summed E-state index contributed by atoms with van der Waals surface area (Å²) in [5, 5.41) is 8.76. The van der Waals surface area contributed by atoms with Gasteiger partial charge in [0.2, 0.25) is 0 Å². The number of methoxy groups -OCH3 is 1. The summed E-state index contributed by atoms with van der Waals surface area (Å²) in [6.45, 7) is 1.65. The van der Waals surface area contributed by atoms with Crippen molar-refractivity contribution in [3.05, 3.63) is 22.4 Å². The molecule has 1 unspecified atom stereocenters. The number of aromatic nitrogens is 1. The minimum Gasteiger partial charge on any atom is -0.495 e. The zero-order valence-electron chi connectivity index (χ0n) is 8.53. The minimum atomic E-state index is -0.821. The topological polar surface area (TPSA) is 59.4 Å². The molecule has 0 aliphatic carbocycles. The quantitative estimate of drug-likeness (QED) is 0.913. The fraction of sp³-hybridized carbons (Fsp3) is 0.400. The Kier molecular flexibility index (Phi) is 4.08. The Balaban J connectivity index is 2.83. The molecule has 0 radical (unpaired) electrons. The molecule has 1 rings (SSSR count). The maximum absolute atomic E-state index is 10.7. The highest BCUT2D eigenvalue weighted by Gasteiger charge is 2.13. The lowest BCUT2D eigenvalue weighted by atomic mass is 10.1. The fourth-order valence-corrected chi connectivity index (χ4v) is 1.51. The molecule has 0 spiro atoms. The van der Waals surface area contributed by atoms with Gasteiger partial charge in [0.25, 0.3) is 0 Å². The van der Waals surface area contributed by atoms with Gasteiger partial charge in [0.1, 0.15) is 5.75 Å². The van der Waals surface area contributed by atoms with E-state index >= 15 is 0 Å². The minimum absolute atomic E-state index is 0.402. The van der Waals surface area contributed by atoms with Crippen LogP contribution in [-0.4, -0.2) is 23.2 Å². The standard InChI is InChI=1S/C10H12BrNO3/c1-6(10(13)14)3-7-4-9(15-2)8(11)5-12-7/h4-6H,3H2,1-2H3,(H,13,14). The number of carboxylic acids is 1. The maximum atomic E-state index is 10.7. The van der Waals surface area contributed by atoms with Crippen LogP contribution in [0.3, 0.4) is 0 Å². The second-order valence-electron chi connectivity index (χ2n) is 3.25. The first-order chi connectivity index (χ1) is 7.04. The zero-order valence-corrected chi connectivity index (χ0v) is 10.1. The van der Waals surface area contributed by atoms with Crippen molar-refractivity contribution in [2.24, 2.45) is 5.92 Å². The number of ether oxygens (including phenoxy) is 1. The number of aliphatic carboxylic acids is 1. The molecule has 0 aromatic carbocycles. The molecule has 0 aliphatic heterocycles. The van der Waals surface area contributed by atoms with Crippen LogP contribution in [0.1, 0.15) is 12.6 Å². The molecule has 0 amide bonds. The monoisotopic (exact) mass is 273 g/mol. The van der Waals surface area contributed by atoms with Gasteiger partial charge in [0, 0.05) is 24.4 Å². The number of pyridine rings is 1. The van der Waals surface area contributed by atoms with Gasteiger partial charge in [0.05, 0.1) is 17.5 Å². The molecule has 1 atom stereocenters. The number of hydrogen-bond donors (Lipinski definition) is 1. The first-order valence-electron chi connectivity index (χ1n) is 4.45. The van der Waals surface area contributed by atoms with E-state index in [0.717, 1.165) is 4.47 Å². The van der Waals surface area contributed by atoms with Gasteiger partial charge < -0.3 is 9.84 Å². The molecule has 1 heterocycles. The normalized spacial score (nSPS) is 12.2. The highest BCUT2D eigenvalue weighted by molar-refractivity contribution is 9.10. The third kappa shape index (κ3) is 3.20. The van der Waals surface area contributed by atoms with E-state index in [4.69, 9.17) is 9.84 Å². The molecule has 4 nitrogen and oxygen atoms in total. The molecule has 1 aromatic heterocycles. The Morgan fingerprint density at radius 3 is 2.93 bits per heavy atom. The summed E-state index contributed by atoms with van der Waals surface area (Å²) >= 11 is 3.28. The lowest BCUT2D eigenvalue weighted by Crippen LogP contribution is -2.13. The van der Waals surface area contributed by atoms with E-state index in [-0.39, 0.29) is 0 Å². The van der Waals surface area contributed by atoms with Crippen LogP contribution in [0.5, 0.6) is 5.75 Å². The van der Waals surface area contributed by atoms with Crippen molar-refractivity contribution in [3.63, 3.8) is 0 Å². The molecule has 15 heavy (non-hydrogen) atoms. The van der Waals surface area contributed by atoms with Crippen molar-refractivity contribution in [1.29, 1.82) is 0 Å². The van der Waals surface area contributed by atoms with Gasteiger partial charge in [-0.2, -0.15) is 0 Å². The number of halogens is 1. The third-order valence-electron chi connectivity index (χ3n) is 2.03. The zero-order chi connectivity index (χ0) is 11.4. The van der Waals surface area contributed by atoms with E-state index in [2.05, 4.69) is 20.9 Å². The molecule has 0 fully saturated rings. The van der Waals surface area contributed by atoms with Gasteiger partial charge >= 0.3 is 5.97 Å². The number of carboxylic acid groups (broad SMARTS) is 1. The molecule has 1 aromatic rings. The Morgan fingerprint density at radius 2 is 2.40 bits per heavy atom. The molecular formula is C10H12BrNO3. The lowest BCUT2D eigenvalue weighted by molar-refractivity contribution is -0.141. The average Bonchev–Trinajstić information content (AvgIpc) is 2.20. The molecule has 1 N–H and O–H groups in total. The summed E-state index contributed by atoms with van der Waals surface area (Å²) in [5.41, 5.74) is 0.713. The first kappa shape index (κ1) is 12.0. The van der Waals surface area contributed by atoms with Gasteiger partial charge in [-0.1, -0.05) is 6.92 Å². The van der Waals surface area contributed by atoms with E-state index in [1.54, 1.807) is 26.3 Å². The van der Waals surface area contributed by atoms with E-state index in [1.807, 2.05) is 0 Å². The summed E-state index contributed by atoms with van der Waals surface area (Å²) in [7, 11) is 1.56. The van der Waals surface area contributed by atoms with E-state index in [1.165, 1.54) is 0 Å². The molecule has 5 heteroatoms. The van der Waals surface area contributed by atoms with Gasteiger partial charge in [-0.25, -0.2) is 0 Å². The van der Waals surface area contributed by atoms with Crippen LogP contribution in [0.2, 0.25) is 0 Å². The summed E-state index contributed by atoms with van der Waals surface area (Å²) in [6, 6.07) is 1.74. The second-order valence-corrected chi connectivity index (χ2v) is 4.11. The average molecular weight is 274 g/mol. The third-order valence-corrected chi connectivity index (χ3v) is 2.63. The Morgan fingerprint density at radius 1 is 1.73 bits per heavy atom. The van der Waals surface area contributed by atoms with Gasteiger partial charge in [-0.05, 0) is 15.9 Å². The van der Waals surface area contributed by atoms with Crippen LogP contribution in [0.4, 0.5) is 0 Å². The van der Waals surface area contributed by atoms with Crippen molar-refractivity contribution >= 4 is 21.9 Å². The SMILES string of the molecule is COc1cc(CC(C)C(=O)O)ncc1Br. The number of rotatable bonds is 4. The molecule has 0 saturated carbocycles. The summed E-state index contributed by atoms with van der Waals surface area (Å²) in [4.78, 5) is 14.8. The lowest BCUT2D eigenvalue weighted by Gasteiger charge is -2.08. The van der Waals surface area contributed by atoms with Gasteiger partial charge in [-0.3, -0.25) is 9.78 Å². The predicted molar refractivity (Wildman–Crippen MR) is 59.0 cm³/mol. The highest BCUT2D eigenvalue weighted by Crippen LogP contribution is 2.24. The van der Waals surface area contributed by atoms with Crippen molar-refractivity contribution < 1.29 is 14.6 Å². The number of nitrogens with zero attached hydrogens (tertiary/aromatic N) is 1. The summed E-state index contributed by atoms with van der Waals surface area (Å²) in [5.74, 6) is -0.598. The first-order valence-corrected chi connectivity index (χ1v) is 5.25. The molecule has 0 aliphatic rings. The Labute approximate surface area is 96.4 Å². The molecule has 0 bridgehead atoms. The molecule has 82 valence electrons. The van der Waals surface area contributed by atoms with E-state index in [0.29, 0.717) is 17.9 Å². The molecule has 0 saturated heterocycles. The second kappa shape index (κ2) is 5.11. The van der Waals surface area contributed by atoms with Crippen LogP contribution in [0.25, 0.3) is 0 Å².